The Morgan fingerprint density at radius 1 is 1.19 bits per heavy atom. The van der Waals surface area contributed by atoms with Crippen LogP contribution in [0.2, 0.25) is 0 Å². The molecule has 31 heavy (non-hydrogen) atoms. The average molecular weight is 427 g/mol. The van der Waals surface area contributed by atoms with E-state index in [-0.39, 0.29) is 11.8 Å². The maximum absolute atomic E-state index is 12.7. The van der Waals surface area contributed by atoms with E-state index in [4.69, 9.17) is 14.1 Å². The number of carbonyl (C=O) groups is 1. The van der Waals surface area contributed by atoms with Crippen molar-refractivity contribution in [1.29, 1.82) is 0 Å². The molecule has 1 aromatic heterocycles. The van der Waals surface area contributed by atoms with Crippen molar-refractivity contribution in [3.8, 4) is 11.5 Å². The molecule has 168 valence electrons. The summed E-state index contributed by atoms with van der Waals surface area (Å²) in [7, 11) is 0. The van der Waals surface area contributed by atoms with Crippen LogP contribution in [0.3, 0.4) is 0 Å². The summed E-state index contributed by atoms with van der Waals surface area (Å²) in [5.41, 5.74) is 3.16. The first-order valence-electron chi connectivity index (χ1n) is 11.4. The normalized spacial score (nSPS) is 20.6. The Morgan fingerprint density at radius 2 is 2.03 bits per heavy atom. The lowest BCUT2D eigenvalue weighted by molar-refractivity contribution is -0.126. The molecule has 0 aliphatic carbocycles. The van der Waals surface area contributed by atoms with Crippen molar-refractivity contribution in [2.75, 3.05) is 52.5 Å². The maximum Gasteiger partial charge on any atom is 0.226 e. The second-order valence-electron chi connectivity index (χ2n) is 8.71. The summed E-state index contributed by atoms with van der Waals surface area (Å²) in [4.78, 5) is 22.1. The van der Waals surface area contributed by atoms with Crippen molar-refractivity contribution in [3.05, 3.63) is 41.3 Å². The third-order valence-corrected chi connectivity index (χ3v) is 6.24. The highest BCUT2D eigenvalue weighted by Gasteiger charge is 2.27. The number of nitrogens with zero attached hydrogens (tertiary/aromatic N) is 3. The van der Waals surface area contributed by atoms with Crippen molar-refractivity contribution in [2.45, 2.75) is 33.2 Å². The lowest BCUT2D eigenvalue weighted by atomic mass is 9.97. The molecule has 1 N–H and O–H groups in total. The number of hydrogen-bond donors (Lipinski definition) is 1. The molecule has 2 aliphatic rings. The van der Waals surface area contributed by atoms with Crippen LogP contribution in [-0.2, 0) is 16.1 Å². The smallest absolute Gasteiger partial charge is 0.226 e. The molecule has 2 aliphatic heterocycles. The molecule has 1 aromatic carbocycles. The number of aromatic nitrogens is 1. The molecule has 4 rings (SSSR count). The Morgan fingerprint density at radius 3 is 2.84 bits per heavy atom. The molecule has 0 saturated carbocycles. The van der Waals surface area contributed by atoms with Crippen molar-refractivity contribution < 1.29 is 13.9 Å². The summed E-state index contributed by atoms with van der Waals surface area (Å²) in [6.07, 6.45) is 1.98. The van der Waals surface area contributed by atoms with Crippen molar-refractivity contribution in [3.63, 3.8) is 0 Å². The highest BCUT2D eigenvalue weighted by Crippen LogP contribution is 2.25. The zero-order valence-electron chi connectivity index (χ0n) is 18.7. The van der Waals surface area contributed by atoms with E-state index in [9.17, 15) is 4.79 Å². The van der Waals surface area contributed by atoms with Crippen LogP contribution in [0.25, 0.3) is 11.5 Å². The number of carbonyl (C=O) groups excluding carboxylic acids is 1. The van der Waals surface area contributed by atoms with Crippen LogP contribution < -0.4 is 5.32 Å². The van der Waals surface area contributed by atoms with Gasteiger partial charge in [-0.15, -0.1) is 0 Å². The summed E-state index contributed by atoms with van der Waals surface area (Å²) in [6.45, 7) is 11.6. The van der Waals surface area contributed by atoms with E-state index < -0.39 is 0 Å². The molecule has 0 bridgehead atoms. The number of amides is 1. The predicted octanol–water partition coefficient (Wildman–Crippen LogP) is 2.62. The van der Waals surface area contributed by atoms with E-state index in [1.54, 1.807) is 0 Å². The minimum absolute atomic E-state index is 0.0434. The van der Waals surface area contributed by atoms with E-state index in [1.165, 1.54) is 5.56 Å². The first-order valence-corrected chi connectivity index (χ1v) is 11.4. The number of nitrogens with one attached hydrogen (secondary N) is 1. The Balaban J connectivity index is 1.29. The average Bonchev–Trinajstić information content (AvgIpc) is 3.15. The van der Waals surface area contributed by atoms with Gasteiger partial charge in [-0.05, 0) is 45.4 Å². The van der Waals surface area contributed by atoms with Crippen LogP contribution >= 0.6 is 0 Å². The van der Waals surface area contributed by atoms with Gasteiger partial charge in [-0.2, -0.15) is 0 Å². The topological polar surface area (TPSA) is 70.8 Å². The van der Waals surface area contributed by atoms with Gasteiger partial charge in [0, 0.05) is 44.8 Å². The third kappa shape index (κ3) is 5.93. The molecular weight excluding hydrogens is 392 g/mol. The van der Waals surface area contributed by atoms with Gasteiger partial charge in [0.2, 0.25) is 11.8 Å². The summed E-state index contributed by atoms with van der Waals surface area (Å²) in [5, 5.41) is 3.14. The summed E-state index contributed by atoms with van der Waals surface area (Å²) < 4.78 is 11.3. The number of hydrogen-bond acceptors (Lipinski definition) is 6. The Hall–Kier alpha value is -2.22. The molecule has 1 amide bonds. The van der Waals surface area contributed by atoms with Gasteiger partial charge >= 0.3 is 0 Å². The Labute approximate surface area is 184 Å². The number of ether oxygens (including phenoxy) is 1. The number of piperidine rings is 1. The van der Waals surface area contributed by atoms with Crippen LogP contribution in [0.15, 0.2) is 28.7 Å². The summed E-state index contributed by atoms with van der Waals surface area (Å²) in [6, 6.07) is 8.21. The molecule has 0 radical (unpaired) electrons. The highest BCUT2D eigenvalue weighted by atomic mass is 16.5. The summed E-state index contributed by atoms with van der Waals surface area (Å²) in [5.74, 6) is 1.75. The number of oxazole rings is 1. The van der Waals surface area contributed by atoms with Gasteiger partial charge in [-0.3, -0.25) is 14.6 Å². The van der Waals surface area contributed by atoms with Gasteiger partial charge in [0.1, 0.15) is 5.76 Å². The van der Waals surface area contributed by atoms with Crippen molar-refractivity contribution in [2.24, 2.45) is 5.92 Å². The molecule has 7 nitrogen and oxygen atoms in total. The van der Waals surface area contributed by atoms with Crippen LogP contribution in [0.4, 0.5) is 0 Å². The lowest BCUT2D eigenvalue weighted by Crippen LogP contribution is -2.45. The predicted molar refractivity (Wildman–Crippen MR) is 120 cm³/mol. The van der Waals surface area contributed by atoms with Gasteiger partial charge in [0.25, 0.3) is 0 Å². The van der Waals surface area contributed by atoms with Gasteiger partial charge in [-0.25, -0.2) is 4.98 Å². The minimum Gasteiger partial charge on any atom is -0.441 e. The van der Waals surface area contributed by atoms with E-state index in [2.05, 4.69) is 34.2 Å². The number of rotatable bonds is 7. The molecule has 1 atom stereocenters. The fourth-order valence-corrected chi connectivity index (χ4v) is 4.41. The molecule has 1 unspecified atom stereocenters. The molecule has 2 fully saturated rings. The van der Waals surface area contributed by atoms with E-state index >= 15 is 0 Å². The van der Waals surface area contributed by atoms with Gasteiger partial charge < -0.3 is 14.5 Å². The quantitative estimate of drug-likeness (QED) is 0.734. The molecule has 2 saturated heterocycles. The van der Waals surface area contributed by atoms with E-state index in [1.807, 2.05) is 19.1 Å². The zero-order chi connectivity index (χ0) is 21.6. The SMILES string of the molecule is Cc1cccc(-c2nc(CN3CCCC(C(=O)NCCN4CCOCC4)C3)c(C)o2)c1. The second kappa shape index (κ2) is 10.4. The van der Waals surface area contributed by atoms with Crippen molar-refractivity contribution >= 4 is 5.91 Å². The Bertz CT molecular complexity index is 875. The molecule has 7 heteroatoms. The molecule has 2 aromatic rings. The summed E-state index contributed by atoms with van der Waals surface area (Å²) >= 11 is 0. The Kier molecular flexibility index (Phi) is 7.37. The molecule has 3 heterocycles. The first-order chi connectivity index (χ1) is 15.1. The van der Waals surface area contributed by atoms with Crippen LogP contribution in [0, 0.1) is 19.8 Å². The second-order valence-corrected chi connectivity index (χ2v) is 8.71. The minimum atomic E-state index is 0.0434. The fourth-order valence-electron chi connectivity index (χ4n) is 4.41. The zero-order valence-corrected chi connectivity index (χ0v) is 18.7. The van der Waals surface area contributed by atoms with Gasteiger partial charge in [0.15, 0.2) is 0 Å². The van der Waals surface area contributed by atoms with Gasteiger partial charge in [0.05, 0.1) is 24.8 Å². The monoisotopic (exact) mass is 426 g/mol. The van der Waals surface area contributed by atoms with Crippen LogP contribution in [0.1, 0.15) is 29.9 Å². The fraction of sp³-hybridized carbons (Fsp3) is 0.583. The largest absolute Gasteiger partial charge is 0.441 e. The molecule has 0 spiro atoms. The lowest BCUT2D eigenvalue weighted by Gasteiger charge is -2.32. The van der Waals surface area contributed by atoms with E-state index in [0.717, 1.165) is 82.3 Å². The van der Waals surface area contributed by atoms with Gasteiger partial charge in [-0.1, -0.05) is 17.7 Å². The van der Waals surface area contributed by atoms with Crippen molar-refractivity contribution in [1.82, 2.24) is 20.1 Å². The highest BCUT2D eigenvalue weighted by molar-refractivity contribution is 5.78. The number of benzene rings is 1. The molecular formula is C24H34N4O3. The number of aryl methyl sites for hydroxylation is 2. The van der Waals surface area contributed by atoms with E-state index in [0.29, 0.717) is 12.4 Å². The van der Waals surface area contributed by atoms with Crippen LogP contribution in [-0.4, -0.2) is 73.2 Å². The first kappa shape index (κ1) is 22.0. The number of morpholine rings is 1. The third-order valence-electron chi connectivity index (χ3n) is 6.24. The van der Waals surface area contributed by atoms with Crippen LogP contribution in [0.5, 0.6) is 0 Å². The maximum atomic E-state index is 12.7. The number of likely N-dealkylation sites (tertiary alicyclic amines) is 1. The standard InChI is InChI=1S/C24H34N4O3/c1-18-5-3-6-20(15-18)24-26-22(19(2)31-24)17-28-9-4-7-21(16-28)23(29)25-8-10-27-11-13-30-14-12-27/h3,5-6,15,21H,4,7-14,16-17H2,1-2H3,(H,25,29).